The summed E-state index contributed by atoms with van der Waals surface area (Å²) in [6.07, 6.45) is 0. The molecule has 2 rings (SSSR count). The number of hydrogen-bond acceptors (Lipinski definition) is 2. The molecule has 2 aromatic rings. The predicted molar refractivity (Wildman–Crippen MR) is 72.7 cm³/mol. The second-order valence-electron chi connectivity index (χ2n) is 3.95. The summed E-state index contributed by atoms with van der Waals surface area (Å²) in [5.41, 5.74) is 7.15. The molecular weight excluding hydrogens is 247 g/mol. The van der Waals surface area contributed by atoms with Crippen molar-refractivity contribution in [2.75, 3.05) is 0 Å². The van der Waals surface area contributed by atoms with Crippen LogP contribution in [0.25, 0.3) is 0 Å². The van der Waals surface area contributed by atoms with Gasteiger partial charge in [-0.3, -0.25) is 5.41 Å². The van der Waals surface area contributed by atoms with Crippen LogP contribution in [0.1, 0.15) is 11.1 Å². The molecule has 0 spiro atoms. The molecule has 3 N–H and O–H groups in total. The molecule has 0 fully saturated rings. The number of amidine groups is 1. The van der Waals surface area contributed by atoms with Gasteiger partial charge in [0, 0.05) is 15.4 Å². The van der Waals surface area contributed by atoms with E-state index >= 15 is 0 Å². The van der Waals surface area contributed by atoms with Crippen LogP contribution in [-0.2, 0) is 0 Å². The van der Waals surface area contributed by atoms with Crippen LogP contribution in [0.15, 0.2) is 52.3 Å². The van der Waals surface area contributed by atoms with Crippen molar-refractivity contribution in [2.45, 2.75) is 16.7 Å². The molecule has 0 bridgehead atoms. The van der Waals surface area contributed by atoms with Gasteiger partial charge in [0.2, 0.25) is 0 Å². The van der Waals surface area contributed by atoms with Crippen molar-refractivity contribution in [3.05, 3.63) is 59.4 Å². The predicted octanol–water partition coefficient (Wildman–Crippen LogP) is 3.57. The van der Waals surface area contributed by atoms with E-state index < -0.39 is 0 Å². The van der Waals surface area contributed by atoms with E-state index in [0.29, 0.717) is 0 Å². The van der Waals surface area contributed by atoms with Crippen LogP contribution in [0.2, 0.25) is 0 Å². The highest BCUT2D eigenvalue weighted by atomic mass is 32.2. The van der Waals surface area contributed by atoms with Crippen LogP contribution in [0.5, 0.6) is 0 Å². The van der Waals surface area contributed by atoms with Gasteiger partial charge < -0.3 is 5.73 Å². The Morgan fingerprint density at radius 3 is 2.50 bits per heavy atom. The Balaban J connectivity index is 2.25. The number of rotatable bonds is 3. The summed E-state index contributed by atoms with van der Waals surface area (Å²) in [6, 6.07) is 12.1. The van der Waals surface area contributed by atoms with Gasteiger partial charge in [-0.1, -0.05) is 17.8 Å². The number of nitrogen functional groups attached to an aromatic ring is 1. The molecule has 18 heavy (non-hydrogen) atoms. The van der Waals surface area contributed by atoms with Gasteiger partial charge in [0.1, 0.15) is 11.7 Å². The number of nitrogens with two attached hydrogens (primary N) is 1. The van der Waals surface area contributed by atoms with Gasteiger partial charge in [-0.15, -0.1) is 0 Å². The second kappa shape index (κ2) is 5.23. The lowest BCUT2D eigenvalue weighted by Crippen LogP contribution is -2.12. The maximum absolute atomic E-state index is 13.1. The number of benzene rings is 2. The summed E-state index contributed by atoms with van der Waals surface area (Å²) in [5, 5.41) is 7.42. The standard InChI is InChI=1S/C14H13FN2S/c1-9-7-12(5-6-13(9)14(16)17)18-11-4-2-3-10(15)8-11/h2-8H,1H3,(H3,16,17). The lowest BCUT2D eigenvalue weighted by molar-refractivity contribution is 0.624. The van der Waals surface area contributed by atoms with Crippen molar-refractivity contribution < 1.29 is 4.39 Å². The third-order valence-corrected chi connectivity index (χ3v) is 3.50. The van der Waals surface area contributed by atoms with Gasteiger partial charge in [-0.25, -0.2) is 4.39 Å². The van der Waals surface area contributed by atoms with E-state index in [2.05, 4.69) is 0 Å². The summed E-state index contributed by atoms with van der Waals surface area (Å²) in [5.74, 6) is -0.174. The fourth-order valence-electron chi connectivity index (χ4n) is 1.67. The Morgan fingerprint density at radius 1 is 1.17 bits per heavy atom. The van der Waals surface area contributed by atoms with Gasteiger partial charge in [0.05, 0.1) is 0 Å². The highest BCUT2D eigenvalue weighted by Crippen LogP contribution is 2.29. The van der Waals surface area contributed by atoms with Gasteiger partial charge in [0.15, 0.2) is 0 Å². The maximum atomic E-state index is 13.1. The van der Waals surface area contributed by atoms with E-state index in [1.807, 2.05) is 31.2 Å². The quantitative estimate of drug-likeness (QED) is 0.654. The normalized spacial score (nSPS) is 10.3. The number of halogens is 1. The van der Waals surface area contributed by atoms with Crippen molar-refractivity contribution >= 4 is 17.6 Å². The number of hydrogen-bond donors (Lipinski definition) is 2. The van der Waals surface area contributed by atoms with Crippen molar-refractivity contribution in [2.24, 2.45) is 5.73 Å². The van der Waals surface area contributed by atoms with E-state index in [1.54, 1.807) is 6.07 Å². The molecule has 0 aliphatic rings. The Kier molecular flexibility index (Phi) is 3.67. The topological polar surface area (TPSA) is 49.9 Å². The molecule has 0 aromatic heterocycles. The maximum Gasteiger partial charge on any atom is 0.124 e. The Labute approximate surface area is 110 Å². The molecule has 92 valence electrons. The van der Waals surface area contributed by atoms with Crippen LogP contribution in [0.3, 0.4) is 0 Å². The number of aryl methyl sites for hydroxylation is 1. The molecule has 0 amide bonds. The summed E-state index contributed by atoms with van der Waals surface area (Å²) >= 11 is 1.49. The fraction of sp³-hybridized carbons (Fsp3) is 0.0714. The molecule has 0 saturated carbocycles. The average Bonchev–Trinajstić information content (AvgIpc) is 2.28. The first kappa shape index (κ1) is 12.6. The Morgan fingerprint density at radius 2 is 1.89 bits per heavy atom. The Bertz CT molecular complexity index is 596. The van der Waals surface area contributed by atoms with Gasteiger partial charge >= 0.3 is 0 Å². The summed E-state index contributed by atoms with van der Waals surface area (Å²) in [6.45, 7) is 1.91. The zero-order chi connectivity index (χ0) is 13.1. The third-order valence-electron chi connectivity index (χ3n) is 2.52. The summed E-state index contributed by atoms with van der Waals surface area (Å²) in [4.78, 5) is 1.85. The van der Waals surface area contributed by atoms with Crippen LogP contribution < -0.4 is 5.73 Å². The zero-order valence-corrected chi connectivity index (χ0v) is 10.7. The van der Waals surface area contributed by atoms with E-state index in [-0.39, 0.29) is 11.7 Å². The van der Waals surface area contributed by atoms with Crippen molar-refractivity contribution in [1.82, 2.24) is 0 Å². The van der Waals surface area contributed by atoms with E-state index in [1.165, 1.54) is 23.9 Å². The first-order chi connectivity index (χ1) is 8.56. The molecule has 0 unspecified atom stereocenters. The van der Waals surface area contributed by atoms with Crippen molar-refractivity contribution in [3.8, 4) is 0 Å². The molecule has 2 nitrogen and oxygen atoms in total. The highest BCUT2D eigenvalue weighted by molar-refractivity contribution is 7.99. The monoisotopic (exact) mass is 260 g/mol. The average molecular weight is 260 g/mol. The first-order valence-electron chi connectivity index (χ1n) is 5.45. The lowest BCUT2D eigenvalue weighted by atomic mass is 10.1. The van der Waals surface area contributed by atoms with E-state index in [9.17, 15) is 4.39 Å². The number of nitrogens with one attached hydrogen (secondary N) is 1. The zero-order valence-electron chi connectivity index (χ0n) is 9.91. The highest BCUT2D eigenvalue weighted by Gasteiger charge is 2.04. The van der Waals surface area contributed by atoms with Crippen LogP contribution in [-0.4, -0.2) is 5.84 Å². The molecule has 0 atom stereocenters. The van der Waals surface area contributed by atoms with Crippen LogP contribution in [0.4, 0.5) is 4.39 Å². The smallest absolute Gasteiger partial charge is 0.124 e. The summed E-state index contributed by atoms with van der Waals surface area (Å²) in [7, 11) is 0. The van der Waals surface area contributed by atoms with Crippen molar-refractivity contribution in [1.29, 1.82) is 5.41 Å². The molecule has 0 saturated heterocycles. The second-order valence-corrected chi connectivity index (χ2v) is 5.10. The third kappa shape index (κ3) is 2.90. The summed E-state index contributed by atoms with van der Waals surface area (Å²) < 4.78 is 13.1. The van der Waals surface area contributed by atoms with Gasteiger partial charge in [0.25, 0.3) is 0 Å². The largest absolute Gasteiger partial charge is 0.384 e. The molecule has 2 aromatic carbocycles. The van der Waals surface area contributed by atoms with Gasteiger partial charge in [-0.05, 0) is 48.9 Å². The Hall–Kier alpha value is -1.81. The molecule has 0 radical (unpaired) electrons. The minimum atomic E-state index is -0.239. The van der Waals surface area contributed by atoms with E-state index in [4.69, 9.17) is 11.1 Å². The SMILES string of the molecule is Cc1cc(Sc2cccc(F)c2)ccc1C(=N)N. The molecule has 0 aliphatic carbocycles. The van der Waals surface area contributed by atoms with E-state index in [0.717, 1.165) is 20.9 Å². The van der Waals surface area contributed by atoms with Crippen LogP contribution in [0, 0.1) is 18.2 Å². The van der Waals surface area contributed by atoms with Crippen LogP contribution >= 0.6 is 11.8 Å². The molecule has 4 heteroatoms. The van der Waals surface area contributed by atoms with Crippen molar-refractivity contribution in [3.63, 3.8) is 0 Å². The molecular formula is C14H13FN2S. The minimum absolute atomic E-state index is 0.0646. The lowest BCUT2D eigenvalue weighted by Gasteiger charge is -2.07. The fourth-order valence-corrected chi connectivity index (χ4v) is 2.63. The molecule has 0 aliphatic heterocycles. The van der Waals surface area contributed by atoms with Gasteiger partial charge in [-0.2, -0.15) is 0 Å². The first-order valence-corrected chi connectivity index (χ1v) is 6.26. The molecule has 0 heterocycles. The minimum Gasteiger partial charge on any atom is -0.384 e.